The highest BCUT2D eigenvalue weighted by atomic mass is 32.1. The van der Waals surface area contributed by atoms with Gasteiger partial charge in [-0.25, -0.2) is 4.98 Å². The monoisotopic (exact) mass is 283 g/mol. The fraction of sp³-hybridized carbons (Fsp3) is 0.800. The molecule has 1 aromatic rings. The summed E-state index contributed by atoms with van der Waals surface area (Å²) in [6.07, 6.45) is 5.26. The lowest BCUT2D eigenvalue weighted by atomic mass is 9.81. The summed E-state index contributed by atoms with van der Waals surface area (Å²) in [5.41, 5.74) is 0.226. The molecule has 0 saturated carbocycles. The van der Waals surface area contributed by atoms with E-state index < -0.39 is 0 Å². The average molecular weight is 283 g/mol. The number of hydrogen-bond donors (Lipinski definition) is 1. The summed E-state index contributed by atoms with van der Waals surface area (Å²) in [4.78, 5) is 7.07. The van der Waals surface area contributed by atoms with Crippen LogP contribution in [0.4, 0.5) is 0 Å². The van der Waals surface area contributed by atoms with Crippen molar-refractivity contribution in [2.24, 2.45) is 0 Å². The van der Waals surface area contributed by atoms with Crippen molar-refractivity contribution in [1.82, 2.24) is 15.2 Å². The van der Waals surface area contributed by atoms with Crippen molar-refractivity contribution in [3.05, 3.63) is 16.6 Å². The lowest BCUT2D eigenvalue weighted by Gasteiger charge is -2.48. The van der Waals surface area contributed by atoms with E-state index in [1.54, 1.807) is 11.3 Å². The van der Waals surface area contributed by atoms with E-state index in [1.807, 2.05) is 6.20 Å². The molecular weight excluding hydrogens is 254 g/mol. The summed E-state index contributed by atoms with van der Waals surface area (Å²) < 4.78 is 0. The Morgan fingerprint density at radius 3 is 2.26 bits per heavy atom. The molecule has 0 aliphatic heterocycles. The summed E-state index contributed by atoms with van der Waals surface area (Å²) >= 11 is 1.76. The molecule has 0 aromatic carbocycles. The topological polar surface area (TPSA) is 28.2 Å². The third kappa shape index (κ3) is 3.56. The van der Waals surface area contributed by atoms with Crippen LogP contribution in [0.5, 0.6) is 0 Å². The van der Waals surface area contributed by atoms with Gasteiger partial charge in [-0.3, -0.25) is 4.90 Å². The summed E-state index contributed by atoms with van der Waals surface area (Å²) in [5, 5.41) is 6.86. The number of rotatable bonds is 9. The second-order valence-corrected chi connectivity index (χ2v) is 5.93. The molecule has 1 atom stereocenters. The highest BCUT2D eigenvalue weighted by Crippen LogP contribution is 2.30. The smallest absolute Gasteiger partial charge is 0.0941 e. The van der Waals surface area contributed by atoms with E-state index in [2.05, 4.69) is 55.3 Å². The molecule has 0 fully saturated rings. The van der Waals surface area contributed by atoms with E-state index in [1.165, 1.54) is 17.8 Å². The van der Waals surface area contributed by atoms with Gasteiger partial charge in [-0.15, -0.1) is 11.3 Å². The Morgan fingerprint density at radius 1 is 1.26 bits per heavy atom. The fourth-order valence-electron chi connectivity index (χ4n) is 3.35. The molecule has 4 heteroatoms. The number of nitrogens with zero attached hydrogens (tertiary/aromatic N) is 2. The Balaban J connectivity index is 2.98. The first kappa shape index (κ1) is 16.6. The van der Waals surface area contributed by atoms with Crippen molar-refractivity contribution in [3.8, 4) is 0 Å². The molecule has 0 spiro atoms. The van der Waals surface area contributed by atoms with Gasteiger partial charge in [-0.1, -0.05) is 27.7 Å². The summed E-state index contributed by atoms with van der Waals surface area (Å²) in [6.45, 7) is 11.4. The second-order valence-electron chi connectivity index (χ2n) is 4.95. The highest BCUT2D eigenvalue weighted by Gasteiger charge is 2.39. The minimum Gasteiger partial charge on any atom is -0.315 e. The van der Waals surface area contributed by atoms with Crippen LogP contribution in [-0.4, -0.2) is 41.6 Å². The van der Waals surface area contributed by atoms with Gasteiger partial charge in [0.15, 0.2) is 0 Å². The van der Waals surface area contributed by atoms with Gasteiger partial charge < -0.3 is 5.32 Å². The molecule has 0 radical (unpaired) electrons. The number of hydrogen-bond acceptors (Lipinski definition) is 4. The molecule has 0 bridgehead atoms. The Morgan fingerprint density at radius 2 is 1.89 bits per heavy atom. The molecule has 1 N–H and O–H groups in total. The molecule has 1 unspecified atom stereocenters. The van der Waals surface area contributed by atoms with Crippen LogP contribution in [0.25, 0.3) is 0 Å². The van der Waals surface area contributed by atoms with Crippen molar-refractivity contribution in [2.75, 3.05) is 20.1 Å². The Labute approximate surface area is 122 Å². The van der Waals surface area contributed by atoms with Crippen LogP contribution in [0.1, 0.15) is 45.5 Å². The first-order valence-electron chi connectivity index (χ1n) is 7.49. The maximum Gasteiger partial charge on any atom is 0.0941 e. The Bertz CT molecular complexity index is 329. The first-order valence-corrected chi connectivity index (χ1v) is 8.37. The van der Waals surface area contributed by atoms with Crippen LogP contribution in [0.3, 0.4) is 0 Å². The van der Waals surface area contributed by atoms with Crippen LogP contribution in [0.2, 0.25) is 0 Å². The number of aromatic nitrogens is 1. The maximum atomic E-state index is 4.46. The van der Waals surface area contributed by atoms with E-state index in [0.717, 1.165) is 19.5 Å². The quantitative estimate of drug-likeness (QED) is 0.754. The van der Waals surface area contributed by atoms with E-state index in [0.29, 0.717) is 6.04 Å². The first-order chi connectivity index (χ1) is 9.18. The summed E-state index contributed by atoms with van der Waals surface area (Å²) in [5.74, 6) is 0. The van der Waals surface area contributed by atoms with Crippen molar-refractivity contribution in [2.45, 2.75) is 58.5 Å². The van der Waals surface area contributed by atoms with Crippen molar-refractivity contribution >= 4 is 11.3 Å². The molecule has 1 aromatic heterocycles. The molecular formula is C15H29N3S. The van der Waals surface area contributed by atoms with Crippen LogP contribution < -0.4 is 5.32 Å². The van der Waals surface area contributed by atoms with Crippen molar-refractivity contribution < 1.29 is 0 Å². The largest absolute Gasteiger partial charge is 0.315 e. The molecule has 0 amide bonds. The standard InChI is InChI=1S/C15H29N3S/c1-6-15(7-2,18(8-3)9-4)13(16-5)12-14-17-10-11-19-14/h10-11,13,16H,6-9,12H2,1-5H3. The predicted molar refractivity (Wildman–Crippen MR) is 84.9 cm³/mol. The van der Waals surface area contributed by atoms with Crippen molar-refractivity contribution in [1.29, 1.82) is 0 Å². The van der Waals surface area contributed by atoms with Gasteiger partial charge in [0.1, 0.15) is 0 Å². The molecule has 1 rings (SSSR count). The molecule has 0 aliphatic rings. The molecule has 0 aliphatic carbocycles. The minimum atomic E-state index is 0.226. The molecule has 3 nitrogen and oxygen atoms in total. The molecule has 19 heavy (non-hydrogen) atoms. The van der Waals surface area contributed by atoms with Crippen LogP contribution in [-0.2, 0) is 6.42 Å². The summed E-state index contributed by atoms with van der Waals surface area (Å²) in [6, 6.07) is 0.452. The van der Waals surface area contributed by atoms with Crippen molar-refractivity contribution in [3.63, 3.8) is 0 Å². The number of thiazole rings is 1. The SMILES string of the molecule is CCN(CC)C(CC)(CC)C(Cc1nccs1)NC. The zero-order valence-electron chi connectivity index (χ0n) is 13.1. The number of likely N-dealkylation sites (N-methyl/N-ethyl adjacent to an activating group) is 2. The molecule has 1 heterocycles. The lowest BCUT2D eigenvalue weighted by molar-refractivity contribution is 0.0519. The van der Waals surface area contributed by atoms with E-state index in [-0.39, 0.29) is 5.54 Å². The Kier molecular flexibility index (Phi) is 6.97. The normalized spacial score (nSPS) is 14.0. The van der Waals surface area contributed by atoms with E-state index in [9.17, 15) is 0 Å². The Hall–Kier alpha value is -0.450. The van der Waals surface area contributed by atoms with Gasteiger partial charge in [-0.2, -0.15) is 0 Å². The maximum absolute atomic E-state index is 4.46. The van der Waals surface area contributed by atoms with E-state index >= 15 is 0 Å². The second kappa shape index (κ2) is 7.98. The minimum absolute atomic E-state index is 0.226. The van der Waals surface area contributed by atoms with Gasteiger partial charge >= 0.3 is 0 Å². The van der Waals surface area contributed by atoms with Gasteiger partial charge in [0.2, 0.25) is 0 Å². The zero-order chi connectivity index (χ0) is 14.3. The van der Waals surface area contributed by atoms with Crippen LogP contribution in [0.15, 0.2) is 11.6 Å². The van der Waals surface area contributed by atoms with Gasteiger partial charge in [0.05, 0.1) is 5.01 Å². The highest BCUT2D eigenvalue weighted by molar-refractivity contribution is 7.09. The fourth-order valence-corrected chi connectivity index (χ4v) is 4.02. The number of nitrogens with one attached hydrogen (secondary N) is 1. The average Bonchev–Trinajstić information content (AvgIpc) is 2.95. The van der Waals surface area contributed by atoms with Gasteiger partial charge in [0.25, 0.3) is 0 Å². The molecule has 110 valence electrons. The lowest BCUT2D eigenvalue weighted by Crippen LogP contribution is -2.61. The third-order valence-corrected chi connectivity index (χ3v) is 5.28. The van der Waals surface area contributed by atoms with Gasteiger partial charge in [-0.05, 0) is 33.0 Å². The van der Waals surface area contributed by atoms with E-state index in [4.69, 9.17) is 0 Å². The predicted octanol–water partition coefficient (Wildman–Crippen LogP) is 3.17. The summed E-state index contributed by atoms with van der Waals surface area (Å²) in [7, 11) is 2.09. The van der Waals surface area contributed by atoms with Crippen LogP contribution in [0, 0.1) is 0 Å². The zero-order valence-corrected chi connectivity index (χ0v) is 13.9. The van der Waals surface area contributed by atoms with Crippen LogP contribution >= 0.6 is 11.3 Å². The third-order valence-electron chi connectivity index (χ3n) is 4.48. The molecule has 0 saturated heterocycles. The van der Waals surface area contributed by atoms with Gasteiger partial charge in [0, 0.05) is 29.6 Å².